The monoisotopic (exact) mass is 277 g/mol. The third-order valence-electron chi connectivity index (χ3n) is 3.30. The molecule has 2 aromatic carbocycles. The van der Waals surface area contributed by atoms with Crippen molar-refractivity contribution in [3.05, 3.63) is 59.4 Å². The third kappa shape index (κ3) is 2.13. The molecular weight excluding hydrogens is 266 g/mol. The van der Waals surface area contributed by atoms with Crippen LogP contribution in [0.15, 0.2) is 42.5 Å². The Bertz CT molecular complexity index is 904. The van der Waals surface area contributed by atoms with Crippen LogP contribution in [-0.2, 0) is 0 Å². The van der Waals surface area contributed by atoms with Crippen LogP contribution in [0.5, 0.6) is 0 Å². The predicted octanol–water partition coefficient (Wildman–Crippen LogP) is 2.90. The summed E-state index contributed by atoms with van der Waals surface area (Å²) in [6.07, 6.45) is 0. The molecule has 1 aromatic heterocycles. The first-order valence-electron chi connectivity index (χ1n) is 6.33. The molecule has 3 aromatic rings. The van der Waals surface area contributed by atoms with Crippen LogP contribution in [-0.4, -0.2) is 20.6 Å². The van der Waals surface area contributed by atoms with Crippen LogP contribution in [0.3, 0.4) is 0 Å². The van der Waals surface area contributed by atoms with E-state index in [4.69, 9.17) is 10.4 Å². The Morgan fingerprint density at radius 2 is 2.10 bits per heavy atom. The number of nitrogens with zero attached hydrogens (tertiary/aromatic N) is 3. The molecule has 0 spiro atoms. The molecule has 0 aliphatic carbocycles. The van der Waals surface area contributed by atoms with Crippen molar-refractivity contribution in [2.75, 3.05) is 0 Å². The van der Waals surface area contributed by atoms with Crippen LogP contribution >= 0.6 is 0 Å². The Morgan fingerprint density at radius 3 is 2.81 bits per heavy atom. The summed E-state index contributed by atoms with van der Waals surface area (Å²) in [4.78, 5) is 15.4. The number of carboxylic acids is 1. The molecule has 0 aliphatic heterocycles. The van der Waals surface area contributed by atoms with E-state index in [1.54, 1.807) is 30.3 Å². The predicted molar refractivity (Wildman–Crippen MR) is 77.5 cm³/mol. The molecule has 0 aliphatic rings. The van der Waals surface area contributed by atoms with Gasteiger partial charge in [0.25, 0.3) is 0 Å². The van der Waals surface area contributed by atoms with E-state index in [-0.39, 0.29) is 5.56 Å². The smallest absolute Gasteiger partial charge is 0.335 e. The van der Waals surface area contributed by atoms with Gasteiger partial charge in [0.1, 0.15) is 5.82 Å². The zero-order valence-electron chi connectivity index (χ0n) is 11.2. The second kappa shape index (κ2) is 4.76. The fourth-order valence-electron chi connectivity index (χ4n) is 2.37. The molecule has 0 atom stereocenters. The summed E-state index contributed by atoms with van der Waals surface area (Å²) < 4.78 is 1.90. The van der Waals surface area contributed by atoms with E-state index >= 15 is 0 Å². The van der Waals surface area contributed by atoms with E-state index in [1.165, 1.54) is 0 Å². The summed E-state index contributed by atoms with van der Waals surface area (Å²) in [5.41, 5.74) is 3.04. The highest BCUT2D eigenvalue weighted by atomic mass is 16.4. The lowest BCUT2D eigenvalue weighted by Crippen LogP contribution is -1.98. The molecule has 0 bridgehead atoms. The van der Waals surface area contributed by atoms with Crippen LogP contribution < -0.4 is 0 Å². The number of carbonyl (C=O) groups is 1. The fourth-order valence-corrected chi connectivity index (χ4v) is 2.37. The van der Waals surface area contributed by atoms with Crippen LogP contribution in [0.25, 0.3) is 16.7 Å². The van der Waals surface area contributed by atoms with Crippen molar-refractivity contribution in [3.8, 4) is 11.8 Å². The number of benzene rings is 2. The Balaban J connectivity index is 2.25. The standard InChI is InChI=1S/C16H11N3O2/c1-10-18-14-8-12(16(20)21)5-6-15(14)19(10)13-4-2-3-11(7-13)9-17/h2-8H,1H3,(H,20,21). The molecule has 1 heterocycles. The normalized spacial score (nSPS) is 10.5. The number of nitriles is 1. The minimum absolute atomic E-state index is 0.206. The maximum Gasteiger partial charge on any atom is 0.335 e. The zero-order chi connectivity index (χ0) is 15.0. The van der Waals surface area contributed by atoms with Gasteiger partial charge in [0.15, 0.2) is 0 Å². The number of carboxylic acid groups (broad SMARTS) is 1. The molecule has 0 saturated carbocycles. The van der Waals surface area contributed by atoms with Crippen LogP contribution in [0.2, 0.25) is 0 Å². The lowest BCUT2D eigenvalue weighted by molar-refractivity contribution is 0.0697. The van der Waals surface area contributed by atoms with Gasteiger partial charge in [-0.1, -0.05) is 6.07 Å². The Labute approximate surface area is 120 Å². The van der Waals surface area contributed by atoms with Gasteiger partial charge >= 0.3 is 5.97 Å². The number of aromatic carboxylic acids is 1. The molecule has 0 radical (unpaired) electrons. The molecule has 0 fully saturated rings. The first kappa shape index (κ1) is 12.9. The Kier molecular flexibility index (Phi) is 2.92. The third-order valence-corrected chi connectivity index (χ3v) is 3.30. The summed E-state index contributed by atoms with van der Waals surface area (Å²) in [6, 6.07) is 14.2. The number of aromatic nitrogens is 2. The molecule has 5 nitrogen and oxygen atoms in total. The first-order chi connectivity index (χ1) is 10.1. The quantitative estimate of drug-likeness (QED) is 0.781. The molecule has 1 N–H and O–H groups in total. The molecule has 102 valence electrons. The van der Waals surface area contributed by atoms with E-state index < -0.39 is 5.97 Å². The number of hydrogen-bond acceptors (Lipinski definition) is 3. The number of hydrogen-bond donors (Lipinski definition) is 1. The van der Waals surface area contributed by atoms with E-state index in [1.807, 2.05) is 23.6 Å². The minimum Gasteiger partial charge on any atom is -0.478 e. The van der Waals surface area contributed by atoms with Crippen LogP contribution in [0.4, 0.5) is 0 Å². The Morgan fingerprint density at radius 1 is 1.29 bits per heavy atom. The lowest BCUT2D eigenvalue weighted by Gasteiger charge is -2.07. The van der Waals surface area contributed by atoms with Crippen molar-refractivity contribution in [2.45, 2.75) is 6.92 Å². The van der Waals surface area contributed by atoms with Gasteiger partial charge in [-0.25, -0.2) is 9.78 Å². The number of fused-ring (bicyclic) bond motifs is 1. The average Bonchev–Trinajstić information content (AvgIpc) is 2.82. The summed E-state index contributed by atoms with van der Waals surface area (Å²) in [5, 5.41) is 18.0. The topological polar surface area (TPSA) is 78.9 Å². The van der Waals surface area contributed by atoms with E-state index in [9.17, 15) is 4.79 Å². The van der Waals surface area contributed by atoms with Gasteiger partial charge in [0.2, 0.25) is 0 Å². The summed E-state index contributed by atoms with van der Waals surface area (Å²) >= 11 is 0. The van der Waals surface area contributed by atoms with Crippen molar-refractivity contribution in [1.29, 1.82) is 5.26 Å². The fraction of sp³-hybridized carbons (Fsp3) is 0.0625. The highest BCUT2D eigenvalue weighted by molar-refractivity contribution is 5.92. The van der Waals surface area contributed by atoms with Gasteiger partial charge in [-0.05, 0) is 43.3 Å². The summed E-state index contributed by atoms with van der Waals surface area (Å²) in [7, 11) is 0. The van der Waals surface area contributed by atoms with Crippen LogP contribution in [0, 0.1) is 18.3 Å². The maximum atomic E-state index is 11.0. The maximum absolute atomic E-state index is 11.0. The van der Waals surface area contributed by atoms with E-state index in [2.05, 4.69) is 11.1 Å². The van der Waals surface area contributed by atoms with Gasteiger partial charge in [-0.3, -0.25) is 4.57 Å². The lowest BCUT2D eigenvalue weighted by atomic mass is 10.2. The minimum atomic E-state index is -0.976. The van der Waals surface area contributed by atoms with Crippen molar-refractivity contribution >= 4 is 17.0 Å². The second-order valence-corrected chi connectivity index (χ2v) is 4.67. The van der Waals surface area contributed by atoms with Crippen molar-refractivity contribution in [3.63, 3.8) is 0 Å². The van der Waals surface area contributed by atoms with E-state index in [0.717, 1.165) is 17.0 Å². The molecule has 0 unspecified atom stereocenters. The molecule has 3 rings (SSSR count). The van der Waals surface area contributed by atoms with Gasteiger partial charge in [-0.15, -0.1) is 0 Å². The van der Waals surface area contributed by atoms with E-state index in [0.29, 0.717) is 11.1 Å². The van der Waals surface area contributed by atoms with Crippen molar-refractivity contribution in [1.82, 2.24) is 9.55 Å². The molecule has 21 heavy (non-hydrogen) atoms. The van der Waals surface area contributed by atoms with Gasteiger partial charge < -0.3 is 5.11 Å². The average molecular weight is 277 g/mol. The largest absolute Gasteiger partial charge is 0.478 e. The van der Waals surface area contributed by atoms with Gasteiger partial charge in [-0.2, -0.15) is 5.26 Å². The van der Waals surface area contributed by atoms with Crippen molar-refractivity contribution in [2.24, 2.45) is 0 Å². The summed E-state index contributed by atoms with van der Waals surface area (Å²) in [5.74, 6) is -0.238. The summed E-state index contributed by atoms with van der Waals surface area (Å²) in [6.45, 7) is 1.85. The SMILES string of the molecule is Cc1nc2cc(C(=O)O)ccc2n1-c1cccc(C#N)c1. The molecule has 0 saturated heterocycles. The first-order valence-corrected chi connectivity index (χ1v) is 6.33. The highest BCUT2D eigenvalue weighted by Crippen LogP contribution is 2.23. The highest BCUT2D eigenvalue weighted by Gasteiger charge is 2.12. The number of aryl methyl sites for hydroxylation is 1. The Hall–Kier alpha value is -3.13. The van der Waals surface area contributed by atoms with Crippen molar-refractivity contribution < 1.29 is 9.90 Å². The van der Waals surface area contributed by atoms with Gasteiger partial charge in [0.05, 0.1) is 28.2 Å². The van der Waals surface area contributed by atoms with Gasteiger partial charge in [0, 0.05) is 5.69 Å². The molecule has 5 heteroatoms. The number of imidazole rings is 1. The van der Waals surface area contributed by atoms with Crippen LogP contribution in [0.1, 0.15) is 21.7 Å². The molecular formula is C16H11N3O2. The molecule has 0 amide bonds. The zero-order valence-corrected chi connectivity index (χ0v) is 11.2. The second-order valence-electron chi connectivity index (χ2n) is 4.67. The number of rotatable bonds is 2.